The number of thiophene rings is 1. The Hall–Kier alpha value is -3.30. The Morgan fingerprint density at radius 3 is 2.83 bits per heavy atom. The SMILES string of the molecule is C[C@@H](CCc1ccccc1)NC(=O)CSc1nc2ccsc2c(=O)n1Cc1ccc2c(c1)OCO2. The number of aromatic nitrogens is 2. The molecule has 1 aliphatic heterocycles. The van der Waals surface area contributed by atoms with Crippen LogP contribution in [0.5, 0.6) is 11.5 Å². The summed E-state index contributed by atoms with van der Waals surface area (Å²) in [6.07, 6.45) is 1.76. The van der Waals surface area contributed by atoms with Crippen molar-refractivity contribution in [3.8, 4) is 11.5 Å². The van der Waals surface area contributed by atoms with Crippen LogP contribution in [0.1, 0.15) is 24.5 Å². The highest BCUT2D eigenvalue weighted by molar-refractivity contribution is 7.99. The molecule has 0 saturated carbocycles. The van der Waals surface area contributed by atoms with Crippen LogP contribution in [0, 0.1) is 0 Å². The van der Waals surface area contributed by atoms with Gasteiger partial charge in [-0.3, -0.25) is 14.2 Å². The molecule has 0 radical (unpaired) electrons. The molecule has 7 nitrogen and oxygen atoms in total. The van der Waals surface area contributed by atoms with Crippen LogP contribution in [0.2, 0.25) is 0 Å². The van der Waals surface area contributed by atoms with Crippen LogP contribution >= 0.6 is 23.1 Å². The minimum Gasteiger partial charge on any atom is -0.454 e. The Bertz CT molecular complexity index is 1400. The summed E-state index contributed by atoms with van der Waals surface area (Å²) in [6.45, 7) is 2.53. The topological polar surface area (TPSA) is 82.5 Å². The number of carbonyl (C=O) groups is 1. The molecule has 180 valence electrons. The Balaban J connectivity index is 1.27. The summed E-state index contributed by atoms with van der Waals surface area (Å²) in [4.78, 5) is 30.6. The second-order valence-corrected chi connectivity index (χ2v) is 10.2. The van der Waals surface area contributed by atoms with Gasteiger partial charge in [-0.15, -0.1) is 11.3 Å². The molecule has 1 N–H and O–H groups in total. The van der Waals surface area contributed by atoms with Crippen LogP contribution in [-0.2, 0) is 17.8 Å². The van der Waals surface area contributed by atoms with Gasteiger partial charge >= 0.3 is 0 Å². The smallest absolute Gasteiger partial charge is 0.272 e. The third-order valence-electron chi connectivity index (χ3n) is 5.76. The molecule has 1 atom stereocenters. The molecule has 5 rings (SSSR count). The largest absolute Gasteiger partial charge is 0.454 e. The van der Waals surface area contributed by atoms with Gasteiger partial charge in [0.15, 0.2) is 16.7 Å². The number of nitrogens with one attached hydrogen (secondary N) is 1. The van der Waals surface area contributed by atoms with Crippen molar-refractivity contribution < 1.29 is 14.3 Å². The van der Waals surface area contributed by atoms with Crippen molar-refractivity contribution in [1.82, 2.24) is 14.9 Å². The number of nitrogens with zero attached hydrogens (tertiary/aromatic N) is 2. The summed E-state index contributed by atoms with van der Waals surface area (Å²) in [6, 6.07) is 17.7. The summed E-state index contributed by atoms with van der Waals surface area (Å²) >= 11 is 2.65. The molecule has 0 spiro atoms. The van der Waals surface area contributed by atoms with E-state index in [1.807, 2.05) is 54.8 Å². The first-order chi connectivity index (χ1) is 17.1. The number of aryl methyl sites for hydroxylation is 1. The van der Waals surface area contributed by atoms with Crippen molar-refractivity contribution in [2.45, 2.75) is 37.5 Å². The predicted molar refractivity (Wildman–Crippen MR) is 139 cm³/mol. The molecule has 9 heteroatoms. The molecule has 4 aromatic rings. The van der Waals surface area contributed by atoms with E-state index in [-0.39, 0.29) is 30.1 Å². The van der Waals surface area contributed by atoms with Crippen LogP contribution in [0.15, 0.2) is 69.9 Å². The maximum Gasteiger partial charge on any atom is 0.272 e. The molecule has 2 aromatic carbocycles. The molecular formula is C26H25N3O4S2. The molecule has 35 heavy (non-hydrogen) atoms. The van der Waals surface area contributed by atoms with Crippen LogP contribution in [-0.4, -0.2) is 34.0 Å². The highest BCUT2D eigenvalue weighted by atomic mass is 32.2. The lowest BCUT2D eigenvalue weighted by molar-refractivity contribution is -0.119. The molecule has 0 fully saturated rings. The second kappa shape index (κ2) is 10.5. The summed E-state index contributed by atoms with van der Waals surface area (Å²) in [7, 11) is 0. The quantitative estimate of drug-likeness (QED) is 0.266. The van der Waals surface area contributed by atoms with Gasteiger partial charge in [-0.05, 0) is 54.5 Å². The van der Waals surface area contributed by atoms with Gasteiger partial charge in [0, 0.05) is 6.04 Å². The van der Waals surface area contributed by atoms with E-state index in [4.69, 9.17) is 14.5 Å². The van der Waals surface area contributed by atoms with E-state index in [9.17, 15) is 9.59 Å². The van der Waals surface area contributed by atoms with Crippen LogP contribution < -0.4 is 20.3 Å². The molecular weight excluding hydrogens is 482 g/mol. The normalized spacial score (nSPS) is 13.2. The van der Waals surface area contributed by atoms with Gasteiger partial charge < -0.3 is 14.8 Å². The first kappa shape index (κ1) is 23.4. The van der Waals surface area contributed by atoms with Crippen molar-refractivity contribution >= 4 is 39.2 Å². The van der Waals surface area contributed by atoms with E-state index in [1.54, 1.807) is 4.57 Å². The average molecular weight is 508 g/mol. The number of benzene rings is 2. The third-order valence-corrected chi connectivity index (χ3v) is 7.63. The number of fused-ring (bicyclic) bond motifs is 2. The fourth-order valence-corrected chi connectivity index (χ4v) is 5.53. The second-order valence-electron chi connectivity index (χ2n) is 8.39. The highest BCUT2D eigenvalue weighted by Crippen LogP contribution is 2.33. The number of ether oxygens (including phenoxy) is 2. The van der Waals surface area contributed by atoms with Crippen LogP contribution in [0.4, 0.5) is 0 Å². The highest BCUT2D eigenvalue weighted by Gasteiger charge is 2.18. The molecule has 1 aliphatic rings. The minimum absolute atomic E-state index is 0.0476. The van der Waals surface area contributed by atoms with Crippen molar-refractivity contribution in [1.29, 1.82) is 0 Å². The monoisotopic (exact) mass is 507 g/mol. The number of hydrogen-bond acceptors (Lipinski definition) is 7. The Morgan fingerprint density at radius 2 is 1.97 bits per heavy atom. The van der Waals surface area contributed by atoms with Crippen molar-refractivity contribution in [2.24, 2.45) is 0 Å². The lowest BCUT2D eigenvalue weighted by Gasteiger charge is -2.15. The maximum absolute atomic E-state index is 13.3. The lowest BCUT2D eigenvalue weighted by atomic mass is 10.1. The maximum atomic E-state index is 13.3. The van der Waals surface area contributed by atoms with E-state index < -0.39 is 0 Å². The zero-order valence-electron chi connectivity index (χ0n) is 19.2. The summed E-state index contributed by atoms with van der Waals surface area (Å²) in [5.41, 5.74) is 2.70. The number of amides is 1. The molecule has 0 saturated heterocycles. The van der Waals surface area contributed by atoms with Crippen molar-refractivity contribution in [3.63, 3.8) is 0 Å². The number of rotatable bonds is 9. The lowest BCUT2D eigenvalue weighted by Crippen LogP contribution is -2.34. The molecule has 0 bridgehead atoms. The standard InChI is InChI=1S/C26H25N3O4S2/c1-17(7-8-18-5-3-2-4-6-18)27-23(30)15-35-26-28-20-11-12-34-24(20)25(31)29(26)14-19-9-10-21-22(13-19)33-16-32-21/h2-6,9-13,17H,7-8,14-16H2,1H3,(H,27,30)/t17-/m0/s1. The predicted octanol–water partition coefficient (Wildman–Crippen LogP) is 4.46. The van der Waals surface area contributed by atoms with Crippen LogP contribution in [0.3, 0.4) is 0 Å². The van der Waals surface area contributed by atoms with E-state index in [0.717, 1.165) is 18.4 Å². The zero-order chi connectivity index (χ0) is 24.2. The van der Waals surface area contributed by atoms with Gasteiger partial charge in [-0.25, -0.2) is 4.98 Å². The first-order valence-electron chi connectivity index (χ1n) is 11.4. The van der Waals surface area contributed by atoms with Gasteiger partial charge in [0.1, 0.15) is 4.70 Å². The molecule has 0 unspecified atom stereocenters. The third kappa shape index (κ3) is 5.52. The molecule has 2 aromatic heterocycles. The van der Waals surface area contributed by atoms with Crippen molar-refractivity contribution in [3.05, 3.63) is 81.5 Å². The van der Waals surface area contributed by atoms with Gasteiger partial charge in [-0.1, -0.05) is 48.2 Å². The van der Waals surface area contributed by atoms with Gasteiger partial charge in [-0.2, -0.15) is 0 Å². The Morgan fingerprint density at radius 1 is 1.14 bits per heavy atom. The number of hydrogen-bond donors (Lipinski definition) is 1. The van der Waals surface area contributed by atoms with Gasteiger partial charge in [0.05, 0.1) is 17.8 Å². The molecule has 0 aliphatic carbocycles. The number of carbonyl (C=O) groups excluding carboxylic acids is 1. The summed E-state index contributed by atoms with van der Waals surface area (Å²) in [5, 5.41) is 5.44. The van der Waals surface area contributed by atoms with E-state index in [0.29, 0.717) is 33.4 Å². The number of thioether (sulfide) groups is 1. The van der Waals surface area contributed by atoms with E-state index in [2.05, 4.69) is 17.4 Å². The fraction of sp³-hybridized carbons (Fsp3) is 0.269. The fourth-order valence-electron chi connectivity index (χ4n) is 3.94. The van der Waals surface area contributed by atoms with Crippen molar-refractivity contribution in [2.75, 3.05) is 12.5 Å². The molecule has 3 heterocycles. The summed E-state index contributed by atoms with van der Waals surface area (Å²) < 4.78 is 13.1. The average Bonchev–Trinajstić information content (AvgIpc) is 3.53. The minimum atomic E-state index is -0.109. The summed E-state index contributed by atoms with van der Waals surface area (Å²) in [5.74, 6) is 1.46. The van der Waals surface area contributed by atoms with Gasteiger partial charge in [0.25, 0.3) is 5.56 Å². The zero-order valence-corrected chi connectivity index (χ0v) is 20.9. The van der Waals surface area contributed by atoms with Crippen LogP contribution in [0.25, 0.3) is 10.2 Å². The Labute approximate surface area is 211 Å². The first-order valence-corrected chi connectivity index (χ1v) is 13.3. The van der Waals surface area contributed by atoms with E-state index >= 15 is 0 Å². The van der Waals surface area contributed by atoms with Gasteiger partial charge in [0.2, 0.25) is 12.7 Å². The molecule has 1 amide bonds. The Kier molecular flexibility index (Phi) is 7.06. The van der Waals surface area contributed by atoms with E-state index in [1.165, 1.54) is 28.7 Å².